The van der Waals surface area contributed by atoms with E-state index in [-0.39, 0.29) is 31.1 Å². The van der Waals surface area contributed by atoms with Gasteiger partial charge >= 0.3 is 17.9 Å². The zero-order valence-corrected chi connectivity index (χ0v) is 55.0. The summed E-state index contributed by atoms with van der Waals surface area (Å²) in [4.78, 5) is 38.5. The van der Waals surface area contributed by atoms with E-state index in [4.69, 9.17) is 14.2 Å². The second kappa shape index (κ2) is 70.6. The van der Waals surface area contributed by atoms with Gasteiger partial charge in [0.15, 0.2) is 6.10 Å². The zero-order chi connectivity index (χ0) is 59.2. The molecule has 1 atom stereocenters. The van der Waals surface area contributed by atoms with Crippen molar-refractivity contribution >= 4 is 17.9 Å². The number of rotatable bonds is 67. The lowest BCUT2D eigenvalue weighted by Gasteiger charge is -2.18. The Morgan fingerprint density at radius 1 is 0.256 bits per heavy atom. The van der Waals surface area contributed by atoms with E-state index in [0.29, 0.717) is 19.3 Å². The first-order valence-corrected chi connectivity index (χ1v) is 36.3. The Balaban J connectivity index is 4.34. The minimum Gasteiger partial charge on any atom is -0.462 e. The molecule has 0 spiro atoms. The molecular weight excluding hydrogens is 1010 g/mol. The van der Waals surface area contributed by atoms with Crippen LogP contribution in [-0.4, -0.2) is 37.2 Å². The van der Waals surface area contributed by atoms with Crippen LogP contribution in [0.5, 0.6) is 0 Å². The van der Waals surface area contributed by atoms with Crippen LogP contribution in [0, 0.1) is 0 Å². The van der Waals surface area contributed by atoms with Gasteiger partial charge in [-0.2, -0.15) is 0 Å². The van der Waals surface area contributed by atoms with Crippen molar-refractivity contribution in [2.24, 2.45) is 0 Å². The molecule has 0 aliphatic rings. The summed E-state index contributed by atoms with van der Waals surface area (Å²) in [5, 5.41) is 0. The van der Waals surface area contributed by atoms with Gasteiger partial charge in [0.1, 0.15) is 13.2 Å². The molecule has 0 aromatic rings. The van der Waals surface area contributed by atoms with E-state index in [9.17, 15) is 14.4 Å². The molecule has 6 heteroatoms. The molecule has 0 heterocycles. The topological polar surface area (TPSA) is 78.9 Å². The number of esters is 3. The van der Waals surface area contributed by atoms with Crippen LogP contribution in [0.4, 0.5) is 0 Å². The van der Waals surface area contributed by atoms with Gasteiger partial charge in [0.2, 0.25) is 0 Å². The Morgan fingerprint density at radius 3 is 0.744 bits per heavy atom. The fourth-order valence-electron chi connectivity index (χ4n) is 10.9. The quantitative estimate of drug-likeness (QED) is 0.0261. The first-order chi connectivity index (χ1) is 40.5. The molecule has 0 aromatic heterocycles. The fourth-order valence-corrected chi connectivity index (χ4v) is 10.9. The van der Waals surface area contributed by atoms with Crippen LogP contribution in [0.15, 0.2) is 60.8 Å². The van der Waals surface area contributed by atoms with E-state index in [1.54, 1.807) is 0 Å². The van der Waals surface area contributed by atoms with Crippen molar-refractivity contribution in [2.75, 3.05) is 13.2 Å². The lowest BCUT2D eigenvalue weighted by Crippen LogP contribution is -2.30. The van der Waals surface area contributed by atoms with Gasteiger partial charge in [0.25, 0.3) is 0 Å². The standard InChI is InChI=1S/C76H138O6/c1-4-7-10-13-16-19-22-25-28-31-34-36-38-40-42-45-48-51-54-57-60-63-66-69-75(78)81-72-73(71-80-74(77)68-65-62-59-56-53-50-47-44-33-30-27-24-21-18-15-12-9-6-3)82-76(79)70-67-64-61-58-55-52-49-46-43-41-39-37-35-32-29-26-23-20-17-14-11-8-5-2/h7,10,16,19,25,28,34,36,40,42,73H,4-6,8-9,11-15,17-18,20-24,26-27,29-33,35,37-39,41,43-72H2,1-3H3/b10-7-,19-16-,28-25-,36-34-,42-40-. The highest BCUT2D eigenvalue weighted by Crippen LogP contribution is 2.19. The first-order valence-electron chi connectivity index (χ1n) is 36.3. The zero-order valence-electron chi connectivity index (χ0n) is 55.0. The second-order valence-electron chi connectivity index (χ2n) is 24.5. The van der Waals surface area contributed by atoms with Crippen molar-refractivity contribution in [3.63, 3.8) is 0 Å². The van der Waals surface area contributed by atoms with Gasteiger partial charge in [-0.3, -0.25) is 14.4 Å². The summed E-state index contributed by atoms with van der Waals surface area (Å²) in [6, 6.07) is 0. The van der Waals surface area contributed by atoms with E-state index < -0.39 is 6.10 Å². The van der Waals surface area contributed by atoms with Gasteiger partial charge in [-0.25, -0.2) is 0 Å². The van der Waals surface area contributed by atoms with Crippen LogP contribution in [0.2, 0.25) is 0 Å². The maximum absolute atomic E-state index is 13.0. The number of ether oxygens (including phenoxy) is 3. The molecule has 478 valence electrons. The average Bonchev–Trinajstić information content (AvgIpc) is 3.47. The summed E-state index contributed by atoms with van der Waals surface area (Å²) in [5.41, 5.74) is 0. The first kappa shape index (κ1) is 79.1. The molecule has 0 saturated heterocycles. The van der Waals surface area contributed by atoms with Gasteiger partial charge in [0.05, 0.1) is 0 Å². The third-order valence-electron chi connectivity index (χ3n) is 16.3. The van der Waals surface area contributed by atoms with Crippen molar-refractivity contribution < 1.29 is 28.6 Å². The molecule has 0 bridgehead atoms. The molecule has 0 radical (unpaired) electrons. The van der Waals surface area contributed by atoms with E-state index in [0.717, 1.165) is 96.3 Å². The molecule has 0 saturated carbocycles. The van der Waals surface area contributed by atoms with Gasteiger partial charge in [-0.15, -0.1) is 0 Å². The Morgan fingerprint density at radius 2 is 0.476 bits per heavy atom. The number of unbranched alkanes of at least 4 members (excludes halogenated alkanes) is 46. The van der Waals surface area contributed by atoms with Crippen molar-refractivity contribution in [2.45, 2.75) is 393 Å². The highest BCUT2D eigenvalue weighted by Gasteiger charge is 2.19. The molecular formula is C76H138O6. The fraction of sp³-hybridized carbons (Fsp3) is 0.829. The molecule has 0 aliphatic heterocycles. The number of hydrogen-bond acceptors (Lipinski definition) is 6. The lowest BCUT2D eigenvalue weighted by molar-refractivity contribution is -0.167. The van der Waals surface area contributed by atoms with Crippen molar-refractivity contribution in [3.8, 4) is 0 Å². The summed E-state index contributed by atoms with van der Waals surface area (Å²) in [6.45, 7) is 6.60. The van der Waals surface area contributed by atoms with Crippen LogP contribution < -0.4 is 0 Å². The molecule has 82 heavy (non-hydrogen) atoms. The molecule has 0 amide bonds. The van der Waals surface area contributed by atoms with Crippen LogP contribution in [0.3, 0.4) is 0 Å². The van der Waals surface area contributed by atoms with E-state index in [1.807, 2.05) is 0 Å². The molecule has 0 aromatic carbocycles. The maximum Gasteiger partial charge on any atom is 0.306 e. The van der Waals surface area contributed by atoms with Crippen LogP contribution in [0.25, 0.3) is 0 Å². The summed E-state index contributed by atoms with van der Waals surface area (Å²) < 4.78 is 17.0. The average molecular weight is 1150 g/mol. The van der Waals surface area contributed by atoms with Gasteiger partial charge in [-0.1, -0.05) is 364 Å². The van der Waals surface area contributed by atoms with Gasteiger partial charge in [0, 0.05) is 19.3 Å². The highest BCUT2D eigenvalue weighted by atomic mass is 16.6. The number of carbonyl (C=O) groups is 3. The smallest absolute Gasteiger partial charge is 0.306 e. The summed E-state index contributed by atoms with van der Waals surface area (Å²) in [7, 11) is 0. The predicted octanol–water partition coefficient (Wildman–Crippen LogP) is 25.1. The number of carbonyl (C=O) groups excluding carboxylic acids is 3. The molecule has 1 unspecified atom stereocenters. The minimum absolute atomic E-state index is 0.0720. The second-order valence-corrected chi connectivity index (χ2v) is 24.5. The van der Waals surface area contributed by atoms with Crippen LogP contribution >= 0.6 is 0 Å². The molecule has 0 aliphatic carbocycles. The van der Waals surface area contributed by atoms with Gasteiger partial charge in [-0.05, 0) is 64.2 Å². The van der Waals surface area contributed by atoms with E-state index in [2.05, 4.69) is 81.5 Å². The number of allylic oxidation sites excluding steroid dienone is 10. The molecule has 6 nitrogen and oxygen atoms in total. The van der Waals surface area contributed by atoms with Gasteiger partial charge < -0.3 is 14.2 Å². The summed E-state index contributed by atoms with van der Waals surface area (Å²) in [5.74, 6) is -0.854. The van der Waals surface area contributed by atoms with Crippen molar-refractivity contribution in [3.05, 3.63) is 60.8 Å². The van der Waals surface area contributed by atoms with Crippen molar-refractivity contribution in [1.29, 1.82) is 0 Å². The van der Waals surface area contributed by atoms with E-state index >= 15 is 0 Å². The SMILES string of the molecule is CC/C=C\C/C=C\C/C=C\C/C=C\C/C=C\CCCCCCCCCC(=O)OCC(COC(=O)CCCCCCCCCCCCCCCCCCCC)OC(=O)CCCCCCCCCCCCCCCCCCCCCCCCC. The maximum atomic E-state index is 13.0. The molecule has 0 rings (SSSR count). The molecule has 0 fully saturated rings. The summed E-state index contributed by atoms with van der Waals surface area (Å²) in [6.07, 6.45) is 91.0. The molecule has 0 N–H and O–H groups in total. The van der Waals surface area contributed by atoms with Crippen LogP contribution in [0.1, 0.15) is 387 Å². The Kier molecular flexibility index (Phi) is 68.1. The Hall–Kier alpha value is -2.89. The predicted molar refractivity (Wildman–Crippen MR) is 358 cm³/mol. The monoisotopic (exact) mass is 1150 g/mol. The Bertz CT molecular complexity index is 1460. The third kappa shape index (κ3) is 67.9. The van der Waals surface area contributed by atoms with Crippen molar-refractivity contribution in [1.82, 2.24) is 0 Å². The largest absolute Gasteiger partial charge is 0.462 e. The summed E-state index contributed by atoms with van der Waals surface area (Å²) >= 11 is 0. The van der Waals surface area contributed by atoms with Crippen LogP contribution in [-0.2, 0) is 28.6 Å². The van der Waals surface area contributed by atoms with E-state index in [1.165, 1.54) is 250 Å². The highest BCUT2D eigenvalue weighted by molar-refractivity contribution is 5.71. The lowest BCUT2D eigenvalue weighted by atomic mass is 10.0. The Labute approximate surface area is 510 Å². The normalized spacial score (nSPS) is 12.4. The minimum atomic E-state index is -0.778. The number of hydrogen-bond donors (Lipinski definition) is 0. The third-order valence-corrected chi connectivity index (χ3v) is 16.3.